The molecule has 0 radical (unpaired) electrons. The Morgan fingerprint density at radius 2 is 1.25 bits per heavy atom. The van der Waals surface area contributed by atoms with Crippen LogP contribution in [0.5, 0.6) is 11.5 Å². The molecule has 0 unspecified atom stereocenters. The van der Waals surface area contributed by atoms with Crippen molar-refractivity contribution in [3.63, 3.8) is 0 Å². The zero-order valence-electron chi connectivity index (χ0n) is 16.6. The number of aryl methyl sites for hydroxylation is 1. The molecule has 0 heterocycles. The third-order valence-electron chi connectivity index (χ3n) is 1.96. The minimum absolute atomic E-state index is 0.0621. The molecule has 24 heavy (non-hydrogen) atoms. The summed E-state index contributed by atoms with van der Waals surface area (Å²) in [7, 11) is 3.04. The maximum atomic E-state index is 6.11. The highest BCUT2D eigenvalue weighted by Gasteiger charge is 2.16. The minimum Gasteiger partial charge on any atom is -0.466 e. The monoisotopic (exact) mass is 384 g/mol. The van der Waals surface area contributed by atoms with Gasteiger partial charge in [0.25, 0.3) is 0 Å². The lowest BCUT2D eigenvalue weighted by atomic mass is 10.2. The molecule has 0 saturated carbocycles. The quantitative estimate of drug-likeness (QED) is 0.509. The molecule has 6 heteroatoms. The first-order chi connectivity index (χ1) is 11.5. The normalized spacial score (nSPS) is 8.62. The second-order valence-electron chi connectivity index (χ2n) is 3.96. The van der Waals surface area contributed by atoms with Gasteiger partial charge in [0.15, 0.2) is 19.3 Å². The fraction of sp³-hybridized carbons (Fsp3) is 0.667. The van der Waals surface area contributed by atoms with Gasteiger partial charge in [-0.2, -0.15) is 0 Å². The van der Waals surface area contributed by atoms with E-state index in [0.717, 1.165) is 5.56 Å². The van der Waals surface area contributed by atoms with Crippen molar-refractivity contribution in [1.29, 1.82) is 0 Å². The Morgan fingerprint density at radius 1 is 0.833 bits per heavy atom. The van der Waals surface area contributed by atoms with Crippen molar-refractivity contribution in [1.82, 2.24) is 0 Å². The SMILES string of the molecule is CC.CC.CCC.COCOc1cc(C)c(Cl)c(OCOC)c1Cl. The fourth-order valence-electron chi connectivity index (χ4n) is 1.18. The van der Waals surface area contributed by atoms with Crippen molar-refractivity contribution in [2.45, 2.75) is 54.9 Å². The largest absolute Gasteiger partial charge is 0.466 e. The average molecular weight is 385 g/mol. The summed E-state index contributed by atoms with van der Waals surface area (Å²) in [5.41, 5.74) is 0.799. The molecule has 1 aromatic rings. The number of hydrogen-bond donors (Lipinski definition) is 0. The van der Waals surface area contributed by atoms with E-state index in [2.05, 4.69) is 13.8 Å². The van der Waals surface area contributed by atoms with Crippen molar-refractivity contribution in [3.8, 4) is 11.5 Å². The topological polar surface area (TPSA) is 36.9 Å². The highest BCUT2D eigenvalue weighted by Crippen LogP contribution is 2.42. The molecular formula is C18H34Cl2O4. The number of methoxy groups -OCH3 is 2. The van der Waals surface area contributed by atoms with Crippen molar-refractivity contribution in [2.24, 2.45) is 0 Å². The van der Waals surface area contributed by atoms with E-state index in [0.29, 0.717) is 21.5 Å². The third-order valence-corrected chi connectivity index (χ3v) is 2.79. The molecule has 144 valence electrons. The number of hydrogen-bond acceptors (Lipinski definition) is 4. The maximum Gasteiger partial charge on any atom is 0.188 e. The van der Waals surface area contributed by atoms with Crippen LogP contribution in [-0.4, -0.2) is 27.8 Å². The lowest BCUT2D eigenvalue weighted by Gasteiger charge is -2.14. The predicted octanol–water partition coefficient (Wildman–Crippen LogP) is 6.74. The van der Waals surface area contributed by atoms with Gasteiger partial charge < -0.3 is 18.9 Å². The predicted molar refractivity (Wildman–Crippen MR) is 105 cm³/mol. The molecule has 0 aromatic heterocycles. The number of halogens is 2. The van der Waals surface area contributed by atoms with Gasteiger partial charge in [0.05, 0.1) is 5.02 Å². The highest BCUT2D eigenvalue weighted by molar-refractivity contribution is 6.38. The minimum atomic E-state index is 0.0621. The van der Waals surface area contributed by atoms with Crippen LogP contribution >= 0.6 is 23.2 Å². The fourth-order valence-corrected chi connectivity index (χ4v) is 1.69. The summed E-state index contributed by atoms with van der Waals surface area (Å²) in [5.74, 6) is 0.808. The second-order valence-corrected chi connectivity index (χ2v) is 4.71. The zero-order valence-corrected chi connectivity index (χ0v) is 18.1. The first kappa shape index (κ1) is 28.1. The molecule has 0 atom stereocenters. The van der Waals surface area contributed by atoms with Crippen LogP contribution in [0.4, 0.5) is 0 Å². The van der Waals surface area contributed by atoms with E-state index < -0.39 is 0 Å². The van der Waals surface area contributed by atoms with E-state index in [1.165, 1.54) is 20.6 Å². The van der Waals surface area contributed by atoms with Gasteiger partial charge >= 0.3 is 0 Å². The van der Waals surface area contributed by atoms with Crippen molar-refractivity contribution < 1.29 is 18.9 Å². The molecule has 0 amide bonds. The van der Waals surface area contributed by atoms with Crippen LogP contribution in [-0.2, 0) is 9.47 Å². The molecule has 0 bridgehead atoms. The summed E-state index contributed by atoms with van der Waals surface area (Å²) < 4.78 is 20.2. The Bertz CT molecular complexity index is 399. The van der Waals surface area contributed by atoms with Crippen LogP contribution in [0, 0.1) is 6.92 Å². The van der Waals surface area contributed by atoms with Crippen LogP contribution in [0.15, 0.2) is 6.07 Å². The van der Waals surface area contributed by atoms with E-state index in [4.69, 9.17) is 42.1 Å². The van der Waals surface area contributed by atoms with Gasteiger partial charge in [-0.3, -0.25) is 0 Å². The lowest BCUT2D eigenvalue weighted by Crippen LogP contribution is -2.04. The van der Waals surface area contributed by atoms with Crippen LogP contribution in [0.1, 0.15) is 53.5 Å². The summed E-state index contributed by atoms with van der Waals surface area (Å²) in [6.45, 7) is 14.2. The van der Waals surface area contributed by atoms with Crippen molar-refractivity contribution >= 4 is 23.2 Å². The molecule has 0 N–H and O–H groups in total. The summed E-state index contributed by atoms with van der Waals surface area (Å²) >= 11 is 12.2. The summed E-state index contributed by atoms with van der Waals surface area (Å²) in [5, 5.41) is 0.742. The summed E-state index contributed by atoms with van der Waals surface area (Å²) in [4.78, 5) is 0. The van der Waals surface area contributed by atoms with Gasteiger partial charge in [-0.05, 0) is 18.6 Å². The van der Waals surface area contributed by atoms with Crippen molar-refractivity contribution in [2.75, 3.05) is 27.8 Å². The van der Waals surface area contributed by atoms with E-state index >= 15 is 0 Å². The molecule has 1 rings (SSSR count). The van der Waals surface area contributed by atoms with Gasteiger partial charge in [0.2, 0.25) is 0 Å². The van der Waals surface area contributed by atoms with Crippen molar-refractivity contribution in [3.05, 3.63) is 21.7 Å². The van der Waals surface area contributed by atoms with E-state index in [1.54, 1.807) is 6.07 Å². The highest BCUT2D eigenvalue weighted by atomic mass is 35.5. The molecule has 1 aromatic carbocycles. The standard InChI is InChI=1S/C11H14Cl2O4.C3H8.2C2H6/c1-7-4-8(16-5-14-2)10(13)11(9(7)12)17-6-15-3;1-3-2;2*1-2/h4H,5-6H2,1-3H3;3H2,1-2H3;2*1-2H3. The average Bonchev–Trinajstić information content (AvgIpc) is 2.61. The van der Waals surface area contributed by atoms with Gasteiger partial charge in [-0.1, -0.05) is 71.2 Å². The molecule has 0 aliphatic carbocycles. The Morgan fingerprint density at radius 3 is 1.67 bits per heavy atom. The Balaban J connectivity index is -0.000000549. The first-order valence-corrected chi connectivity index (χ1v) is 9.00. The van der Waals surface area contributed by atoms with Gasteiger partial charge in [-0.15, -0.1) is 0 Å². The maximum absolute atomic E-state index is 6.11. The Labute approximate surface area is 158 Å². The molecule has 0 saturated heterocycles. The third kappa shape index (κ3) is 11.8. The number of rotatable bonds is 6. The summed E-state index contributed by atoms with van der Waals surface area (Å²) in [6.07, 6.45) is 1.25. The van der Waals surface area contributed by atoms with Crippen LogP contribution in [0.3, 0.4) is 0 Å². The zero-order chi connectivity index (χ0) is 19.5. The second kappa shape index (κ2) is 20.4. The lowest BCUT2D eigenvalue weighted by molar-refractivity contribution is 0.0461. The number of benzene rings is 1. The van der Waals surface area contributed by atoms with Gasteiger partial charge in [0, 0.05) is 14.2 Å². The van der Waals surface area contributed by atoms with E-state index in [1.807, 2.05) is 34.6 Å². The summed E-state index contributed by atoms with van der Waals surface area (Å²) in [6, 6.07) is 1.73. The van der Waals surface area contributed by atoms with Crippen LogP contribution in [0.2, 0.25) is 10.0 Å². The smallest absolute Gasteiger partial charge is 0.188 e. The molecule has 4 nitrogen and oxygen atoms in total. The Hall–Kier alpha value is -0.680. The van der Waals surface area contributed by atoms with E-state index in [9.17, 15) is 0 Å². The molecule has 0 spiro atoms. The molecular weight excluding hydrogens is 351 g/mol. The van der Waals surface area contributed by atoms with Crippen LogP contribution < -0.4 is 9.47 Å². The van der Waals surface area contributed by atoms with Gasteiger partial charge in [-0.25, -0.2) is 0 Å². The first-order valence-electron chi connectivity index (χ1n) is 8.25. The molecule has 0 fully saturated rings. The molecule has 0 aliphatic rings. The van der Waals surface area contributed by atoms with Crippen LogP contribution in [0.25, 0.3) is 0 Å². The van der Waals surface area contributed by atoms with Gasteiger partial charge in [0.1, 0.15) is 10.8 Å². The number of ether oxygens (including phenoxy) is 4. The molecule has 0 aliphatic heterocycles. The Kier molecular flexibility index (Phi) is 23.9. The van der Waals surface area contributed by atoms with E-state index in [-0.39, 0.29) is 13.6 Å².